The monoisotopic (exact) mass is 615 g/mol. The Balaban J connectivity index is 1.21. The van der Waals surface area contributed by atoms with E-state index in [-0.39, 0.29) is 5.41 Å². The minimum absolute atomic E-state index is 0.0943. The number of furan rings is 2. The highest BCUT2D eigenvalue weighted by Crippen LogP contribution is 2.51. The van der Waals surface area contributed by atoms with Gasteiger partial charge in [0.25, 0.3) is 0 Å². The van der Waals surface area contributed by atoms with E-state index in [4.69, 9.17) is 8.83 Å². The molecule has 1 aliphatic carbocycles. The topological polar surface area (TPSA) is 31.2 Å². The van der Waals surface area contributed by atoms with Gasteiger partial charge < -0.3 is 13.4 Å². The minimum atomic E-state index is -0.0943. The first kappa shape index (κ1) is 26.1. The fourth-order valence-corrected chi connectivity index (χ4v) is 8.60. The Labute approximate surface area is 276 Å². The van der Waals surface area contributed by atoms with Crippen LogP contribution in [0.1, 0.15) is 25.0 Å². The normalized spacial score (nSPS) is 13.8. The number of para-hydroxylation sites is 2. The van der Waals surface area contributed by atoms with E-state index in [0.29, 0.717) is 0 Å². The summed E-state index contributed by atoms with van der Waals surface area (Å²) in [7, 11) is 0. The molecular formula is C45H29NO2. The number of benzene rings is 7. The third-order valence-corrected chi connectivity index (χ3v) is 10.8. The lowest BCUT2D eigenvalue weighted by Crippen LogP contribution is -2.14. The van der Waals surface area contributed by atoms with Gasteiger partial charge in [0.15, 0.2) is 0 Å². The highest BCUT2D eigenvalue weighted by molar-refractivity contribution is 6.17. The van der Waals surface area contributed by atoms with E-state index in [1.54, 1.807) is 0 Å². The third-order valence-electron chi connectivity index (χ3n) is 10.8. The molecule has 10 aromatic rings. The molecule has 1 aliphatic rings. The summed E-state index contributed by atoms with van der Waals surface area (Å²) >= 11 is 0. The molecule has 0 saturated carbocycles. The molecule has 3 nitrogen and oxygen atoms in total. The van der Waals surface area contributed by atoms with Crippen LogP contribution in [0.25, 0.3) is 93.6 Å². The predicted octanol–water partition coefficient (Wildman–Crippen LogP) is 12.6. The van der Waals surface area contributed by atoms with Crippen LogP contribution >= 0.6 is 0 Å². The maximum Gasteiger partial charge on any atom is 0.137 e. The zero-order chi connectivity index (χ0) is 31.7. The third kappa shape index (κ3) is 3.28. The summed E-state index contributed by atoms with van der Waals surface area (Å²) in [4.78, 5) is 0. The molecule has 11 rings (SSSR count). The maximum atomic E-state index is 6.57. The molecule has 0 unspecified atom stereocenters. The second-order valence-electron chi connectivity index (χ2n) is 13.7. The summed E-state index contributed by atoms with van der Waals surface area (Å²) in [6.07, 6.45) is 0. The van der Waals surface area contributed by atoms with Crippen molar-refractivity contribution in [3.63, 3.8) is 0 Å². The molecule has 0 bridgehead atoms. The standard InChI is InChI=1S/C45H29NO2/c1-45(2)34-15-6-3-11-28(34)31-24-32-29-12-4-7-16-36(29)46(38(32)25-35(31)45)37-17-10-20-42-44(37)33-23-26(21-22-40(33)48-42)27-14-9-19-41-43(27)30-13-5-8-18-39(30)47-41/h3-25H,1-2H3. The van der Waals surface area contributed by atoms with Crippen molar-refractivity contribution < 1.29 is 8.83 Å². The van der Waals surface area contributed by atoms with Gasteiger partial charge in [-0.15, -0.1) is 0 Å². The molecule has 3 aromatic heterocycles. The molecule has 48 heavy (non-hydrogen) atoms. The highest BCUT2D eigenvalue weighted by atomic mass is 16.3. The quantitative estimate of drug-likeness (QED) is 0.194. The Kier molecular flexibility index (Phi) is 4.91. The van der Waals surface area contributed by atoms with Crippen LogP contribution in [-0.4, -0.2) is 4.57 Å². The van der Waals surface area contributed by atoms with Gasteiger partial charge in [0, 0.05) is 32.3 Å². The lowest BCUT2D eigenvalue weighted by molar-refractivity contribution is 0.661. The smallest absolute Gasteiger partial charge is 0.137 e. The zero-order valence-corrected chi connectivity index (χ0v) is 26.5. The molecule has 0 amide bonds. The fraction of sp³-hybridized carbons (Fsp3) is 0.0667. The van der Waals surface area contributed by atoms with Crippen LogP contribution in [0.4, 0.5) is 0 Å². The Morgan fingerprint density at radius 1 is 0.438 bits per heavy atom. The summed E-state index contributed by atoms with van der Waals surface area (Å²) in [6.45, 7) is 4.71. The first-order valence-electron chi connectivity index (χ1n) is 16.6. The second-order valence-corrected chi connectivity index (χ2v) is 13.7. The first-order valence-corrected chi connectivity index (χ1v) is 16.6. The van der Waals surface area contributed by atoms with Gasteiger partial charge >= 0.3 is 0 Å². The highest BCUT2D eigenvalue weighted by Gasteiger charge is 2.36. The lowest BCUT2D eigenvalue weighted by atomic mass is 9.82. The van der Waals surface area contributed by atoms with Gasteiger partial charge in [-0.1, -0.05) is 98.8 Å². The Bertz CT molecular complexity index is 2980. The van der Waals surface area contributed by atoms with Crippen LogP contribution in [0.2, 0.25) is 0 Å². The molecule has 7 aromatic carbocycles. The van der Waals surface area contributed by atoms with Crippen molar-refractivity contribution in [1.29, 1.82) is 0 Å². The molecule has 0 N–H and O–H groups in total. The van der Waals surface area contributed by atoms with E-state index in [1.165, 1.54) is 44.1 Å². The molecular weight excluding hydrogens is 587 g/mol. The number of aromatic nitrogens is 1. The lowest BCUT2D eigenvalue weighted by Gasteiger charge is -2.21. The summed E-state index contributed by atoms with van der Waals surface area (Å²) < 4.78 is 15.3. The average molecular weight is 616 g/mol. The molecule has 0 saturated heterocycles. The molecule has 0 fully saturated rings. The van der Waals surface area contributed by atoms with Gasteiger partial charge in [0.2, 0.25) is 0 Å². The molecule has 226 valence electrons. The molecule has 0 radical (unpaired) electrons. The van der Waals surface area contributed by atoms with Gasteiger partial charge in [-0.05, 0) is 88.0 Å². The van der Waals surface area contributed by atoms with Crippen LogP contribution in [-0.2, 0) is 5.41 Å². The maximum absolute atomic E-state index is 6.57. The van der Waals surface area contributed by atoms with E-state index >= 15 is 0 Å². The van der Waals surface area contributed by atoms with Crippen molar-refractivity contribution in [2.45, 2.75) is 19.3 Å². The number of hydrogen-bond donors (Lipinski definition) is 0. The Hall–Kier alpha value is -6.06. The summed E-state index contributed by atoms with van der Waals surface area (Å²) in [6, 6.07) is 50.2. The average Bonchev–Trinajstić information content (AvgIpc) is 3.84. The van der Waals surface area contributed by atoms with Gasteiger partial charge in [-0.3, -0.25) is 0 Å². The predicted molar refractivity (Wildman–Crippen MR) is 198 cm³/mol. The number of fused-ring (bicyclic) bond motifs is 12. The number of nitrogens with zero attached hydrogens (tertiary/aromatic N) is 1. The van der Waals surface area contributed by atoms with Gasteiger partial charge in [0.1, 0.15) is 22.3 Å². The number of hydrogen-bond acceptors (Lipinski definition) is 2. The minimum Gasteiger partial charge on any atom is -0.456 e. The molecule has 0 atom stereocenters. The van der Waals surface area contributed by atoms with Gasteiger partial charge in [-0.25, -0.2) is 0 Å². The van der Waals surface area contributed by atoms with E-state index in [0.717, 1.165) is 60.7 Å². The van der Waals surface area contributed by atoms with Crippen LogP contribution < -0.4 is 0 Å². The van der Waals surface area contributed by atoms with Crippen molar-refractivity contribution in [3.05, 3.63) is 151 Å². The Morgan fingerprint density at radius 3 is 2.02 bits per heavy atom. The van der Waals surface area contributed by atoms with Crippen LogP contribution in [0.5, 0.6) is 0 Å². The first-order chi connectivity index (χ1) is 23.6. The van der Waals surface area contributed by atoms with Gasteiger partial charge in [-0.2, -0.15) is 0 Å². The van der Waals surface area contributed by atoms with Crippen LogP contribution in [0, 0.1) is 0 Å². The largest absolute Gasteiger partial charge is 0.456 e. The van der Waals surface area contributed by atoms with Crippen molar-refractivity contribution in [3.8, 4) is 27.9 Å². The second kappa shape index (κ2) is 9.05. The molecule has 3 heterocycles. The Morgan fingerprint density at radius 2 is 1.12 bits per heavy atom. The van der Waals surface area contributed by atoms with Crippen molar-refractivity contribution in [2.75, 3.05) is 0 Å². The van der Waals surface area contributed by atoms with E-state index in [2.05, 4.69) is 146 Å². The SMILES string of the molecule is CC1(C)c2ccccc2-c2cc3c4ccccc4n(-c4cccc5oc6ccc(-c7cccc8oc9ccccc9c78)cc6c45)c3cc21. The molecule has 0 aliphatic heterocycles. The van der Waals surface area contributed by atoms with Crippen molar-refractivity contribution in [2.24, 2.45) is 0 Å². The summed E-state index contributed by atoms with van der Waals surface area (Å²) in [5.74, 6) is 0. The number of rotatable bonds is 2. The van der Waals surface area contributed by atoms with E-state index in [9.17, 15) is 0 Å². The fourth-order valence-electron chi connectivity index (χ4n) is 8.60. The van der Waals surface area contributed by atoms with Crippen molar-refractivity contribution >= 4 is 65.7 Å². The summed E-state index contributed by atoms with van der Waals surface area (Å²) in [5, 5.41) is 7.00. The molecule has 0 spiro atoms. The van der Waals surface area contributed by atoms with Crippen molar-refractivity contribution in [1.82, 2.24) is 4.57 Å². The van der Waals surface area contributed by atoms with E-state index in [1.807, 2.05) is 12.1 Å². The zero-order valence-electron chi connectivity index (χ0n) is 26.5. The van der Waals surface area contributed by atoms with Crippen LogP contribution in [0.15, 0.2) is 148 Å². The van der Waals surface area contributed by atoms with Crippen LogP contribution in [0.3, 0.4) is 0 Å². The van der Waals surface area contributed by atoms with E-state index < -0.39 is 0 Å². The van der Waals surface area contributed by atoms with Gasteiger partial charge in [0.05, 0.1) is 22.1 Å². The molecule has 3 heteroatoms. The summed E-state index contributed by atoms with van der Waals surface area (Å²) in [5.41, 5.74) is 14.7.